The van der Waals surface area contributed by atoms with Gasteiger partial charge in [0.15, 0.2) is 4.77 Å². The lowest BCUT2D eigenvalue weighted by Gasteiger charge is -2.04. The lowest BCUT2D eigenvalue weighted by molar-refractivity contribution is 0.637. The minimum atomic E-state index is -0.264. The van der Waals surface area contributed by atoms with Crippen molar-refractivity contribution in [2.75, 3.05) is 0 Å². The highest BCUT2D eigenvalue weighted by molar-refractivity contribution is 7.71. The molecule has 0 radical (unpaired) electrons. The molecule has 0 fully saturated rings. The van der Waals surface area contributed by atoms with Crippen LogP contribution in [0.2, 0.25) is 0 Å². The molecule has 3 aromatic rings. The molecule has 0 aliphatic rings. The Kier molecular flexibility index (Phi) is 2.80. The van der Waals surface area contributed by atoms with Crippen LogP contribution in [0.4, 0.5) is 4.39 Å². The Bertz CT molecular complexity index is 767. The standard InChI is InChI=1S/C13H11FN2S2/c1-8-6-18-7-9(8)5-16-11-4-2-3-10(14)12(11)15-13(16)17/h2-4,6-7H,5H2,1H3,(H,15,17). The number of aromatic amines is 1. The van der Waals surface area contributed by atoms with Crippen LogP contribution in [-0.2, 0) is 6.54 Å². The van der Waals surface area contributed by atoms with Crippen molar-refractivity contribution in [3.05, 3.63) is 50.7 Å². The number of halogens is 1. The molecule has 0 unspecified atom stereocenters. The summed E-state index contributed by atoms with van der Waals surface area (Å²) in [4.78, 5) is 2.93. The first-order chi connectivity index (χ1) is 8.66. The molecule has 5 heteroatoms. The van der Waals surface area contributed by atoms with Gasteiger partial charge < -0.3 is 9.55 Å². The molecule has 0 saturated carbocycles. The quantitative estimate of drug-likeness (QED) is 0.695. The van der Waals surface area contributed by atoms with E-state index in [2.05, 4.69) is 22.7 Å². The van der Waals surface area contributed by atoms with Crippen LogP contribution in [0.15, 0.2) is 29.0 Å². The summed E-state index contributed by atoms with van der Waals surface area (Å²) >= 11 is 6.94. The molecule has 1 N–H and O–H groups in total. The van der Waals surface area contributed by atoms with Crippen molar-refractivity contribution in [2.45, 2.75) is 13.5 Å². The zero-order valence-corrected chi connectivity index (χ0v) is 11.4. The summed E-state index contributed by atoms with van der Waals surface area (Å²) in [6.07, 6.45) is 0. The summed E-state index contributed by atoms with van der Waals surface area (Å²) in [7, 11) is 0. The number of para-hydroxylation sites is 1. The van der Waals surface area contributed by atoms with Crippen molar-refractivity contribution < 1.29 is 4.39 Å². The molecular formula is C13H11FN2S2. The SMILES string of the molecule is Cc1cscc1Cn1c(=S)[nH]c2c(F)cccc21. The fraction of sp³-hybridized carbons (Fsp3) is 0.154. The number of nitrogens with zero attached hydrogens (tertiary/aromatic N) is 1. The maximum atomic E-state index is 13.6. The van der Waals surface area contributed by atoms with E-state index in [1.54, 1.807) is 17.4 Å². The normalized spacial score (nSPS) is 11.2. The van der Waals surface area contributed by atoms with Crippen LogP contribution in [0, 0.1) is 17.5 Å². The van der Waals surface area contributed by atoms with E-state index in [0.717, 1.165) is 5.52 Å². The summed E-state index contributed by atoms with van der Waals surface area (Å²) in [6, 6.07) is 5.03. The molecule has 2 heterocycles. The predicted molar refractivity (Wildman–Crippen MR) is 75.2 cm³/mol. The Hall–Kier alpha value is -1.46. The van der Waals surface area contributed by atoms with Crippen LogP contribution < -0.4 is 0 Å². The molecule has 18 heavy (non-hydrogen) atoms. The third-order valence-corrected chi connectivity index (χ3v) is 4.28. The summed E-state index contributed by atoms with van der Waals surface area (Å²) < 4.78 is 16.1. The van der Waals surface area contributed by atoms with E-state index >= 15 is 0 Å². The minimum Gasteiger partial charge on any atom is -0.328 e. The number of thiophene rings is 1. The van der Waals surface area contributed by atoms with Crippen LogP contribution in [0.25, 0.3) is 11.0 Å². The van der Waals surface area contributed by atoms with E-state index in [9.17, 15) is 4.39 Å². The summed E-state index contributed by atoms with van der Waals surface area (Å²) in [6.45, 7) is 2.75. The second-order valence-corrected chi connectivity index (χ2v) is 5.36. The van der Waals surface area contributed by atoms with Crippen molar-refractivity contribution in [1.29, 1.82) is 0 Å². The molecule has 3 rings (SSSR count). The van der Waals surface area contributed by atoms with Gasteiger partial charge in [0, 0.05) is 0 Å². The summed E-state index contributed by atoms with van der Waals surface area (Å²) in [5.74, 6) is -0.264. The van der Waals surface area contributed by atoms with Crippen LogP contribution in [0.1, 0.15) is 11.1 Å². The lowest BCUT2D eigenvalue weighted by Crippen LogP contribution is -1.99. The second kappa shape index (κ2) is 4.33. The third-order valence-electron chi connectivity index (χ3n) is 3.05. The topological polar surface area (TPSA) is 20.7 Å². The lowest BCUT2D eigenvalue weighted by atomic mass is 10.2. The number of H-pyrrole nitrogens is 1. The first kappa shape index (κ1) is 11.6. The highest BCUT2D eigenvalue weighted by Crippen LogP contribution is 2.21. The van der Waals surface area contributed by atoms with Crippen molar-refractivity contribution in [3.63, 3.8) is 0 Å². The van der Waals surface area contributed by atoms with Gasteiger partial charge in [-0.25, -0.2) is 4.39 Å². The first-order valence-electron chi connectivity index (χ1n) is 5.55. The van der Waals surface area contributed by atoms with Crippen molar-refractivity contribution in [1.82, 2.24) is 9.55 Å². The molecule has 92 valence electrons. The smallest absolute Gasteiger partial charge is 0.178 e. The number of hydrogen-bond donors (Lipinski definition) is 1. The van der Waals surface area contributed by atoms with Gasteiger partial charge in [0.2, 0.25) is 0 Å². The van der Waals surface area contributed by atoms with Crippen molar-refractivity contribution in [2.24, 2.45) is 0 Å². The largest absolute Gasteiger partial charge is 0.328 e. The van der Waals surface area contributed by atoms with Crippen molar-refractivity contribution >= 4 is 34.6 Å². The van der Waals surface area contributed by atoms with E-state index < -0.39 is 0 Å². The fourth-order valence-corrected chi connectivity index (χ4v) is 3.13. The van der Waals surface area contributed by atoms with Crippen LogP contribution in [-0.4, -0.2) is 9.55 Å². The zero-order chi connectivity index (χ0) is 12.7. The molecule has 0 bridgehead atoms. The van der Waals surface area contributed by atoms with Gasteiger partial charge in [0.1, 0.15) is 11.3 Å². The summed E-state index contributed by atoms with van der Waals surface area (Å²) in [5.41, 5.74) is 3.76. The Morgan fingerprint density at radius 1 is 1.39 bits per heavy atom. The molecule has 0 amide bonds. The molecule has 2 aromatic heterocycles. The average molecular weight is 278 g/mol. The number of rotatable bonds is 2. The average Bonchev–Trinajstić information content (AvgIpc) is 2.87. The van der Waals surface area contributed by atoms with E-state index in [-0.39, 0.29) is 5.82 Å². The van der Waals surface area contributed by atoms with Gasteiger partial charge in [0.05, 0.1) is 12.1 Å². The van der Waals surface area contributed by atoms with Crippen LogP contribution in [0.5, 0.6) is 0 Å². The number of imidazole rings is 1. The molecule has 0 saturated heterocycles. The Morgan fingerprint density at radius 3 is 2.94 bits per heavy atom. The van der Waals surface area contributed by atoms with E-state index in [1.807, 2.05) is 10.6 Å². The molecular weight excluding hydrogens is 267 g/mol. The maximum absolute atomic E-state index is 13.6. The Balaban J connectivity index is 2.18. The van der Waals surface area contributed by atoms with Gasteiger partial charge in [-0.2, -0.15) is 11.3 Å². The predicted octanol–water partition coefficient (Wildman–Crippen LogP) is 4.26. The van der Waals surface area contributed by atoms with E-state index in [4.69, 9.17) is 12.2 Å². The van der Waals surface area contributed by atoms with Gasteiger partial charge in [-0.1, -0.05) is 6.07 Å². The number of fused-ring (bicyclic) bond motifs is 1. The number of aryl methyl sites for hydroxylation is 1. The Labute approximate surface area is 113 Å². The molecule has 1 aromatic carbocycles. The van der Waals surface area contributed by atoms with Gasteiger partial charge in [-0.15, -0.1) is 0 Å². The van der Waals surface area contributed by atoms with Gasteiger partial charge in [-0.05, 0) is 53.2 Å². The van der Waals surface area contributed by atoms with Crippen molar-refractivity contribution in [3.8, 4) is 0 Å². The molecule has 0 aliphatic heterocycles. The monoisotopic (exact) mass is 278 g/mol. The summed E-state index contributed by atoms with van der Waals surface area (Å²) in [5, 5.41) is 4.21. The van der Waals surface area contributed by atoms with E-state index in [0.29, 0.717) is 16.8 Å². The minimum absolute atomic E-state index is 0.264. The molecule has 0 spiro atoms. The Morgan fingerprint density at radius 2 is 2.22 bits per heavy atom. The number of hydrogen-bond acceptors (Lipinski definition) is 2. The number of aromatic nitrogens is 2. The van der Waals surface area contributed by atoms with Gasteiger partial charge in [-0.3, -0.25) is 0 Å². The third kappa shape index (κ3) is 1.79. The first-order valence-corrected chi connectivity index (χ1v) is 6.90. The highest BCUT2D eigenvalue weighted by Gasteiger charge is 2.09. The van der Waals surface area contributed by atoms with Gasteiger partial charge in [0.25, 0.3) is 0 Å². The van der Waals surface area contributed by atoms with E-state index in [1.165, 1.54) is 17.2 Å². The maximum Gasteiger partial charge on any atom is 0.178 e. The highest BCUT2D eigenvalue weighted by atomic mass is 32.1. The molecule has 0 atom stereocenters. The fourth-order valence-electron chi connectivity index (χ4n) is 2.02. The van der Waals surface area contributed by atoms with Crippen LogP contribution >= 0.6 is 23.6 Å². The van der Waals surface area contributed by atoms with Crippen LogP contribution in [0.3, 0.4) is 0 Å². The van der Waals surface area contributed by atoms with Gasteiger partial charge >= 0.3 is 0 Å². The zero-order valence-electron chi connectivity index (χ0n) is 9.74. The number of benzene rings is 1. The number of nitrogens with one attached hydrogen (secondary N) is 1. The molecule has 0 aliphatic carbocycles. The molecule has 2 nitrogen and oxygen atoms in total. The second-order valence-electron chi connectivity index (χ2n) is 4.23.